The molecule has 2 rings (SSSR count). The van der Waals surface area contributed by atoms with Crippen molar-refractivity contribution >= 4 is 16.8 Å². The average Bonchev–Trinajstić information content (AvgIpc) is 2.61. The molecule has 1 amide bonds. The van der Waals surface area contributed by atoms with E-state index in [0.717, 1.165) is 6.42 Å². The summed E-state index contributed by atoms with van der Waals surface area (Å²) in [5.41, 5.74) is -0.205. The first-order chi connectivity index (χ1) is 12.0. The van der Waals surface area contributed by atoms with Gasteiger partial charge in [0.25, 0.3) is 5.56 Å². The van der Waals surface area contributed by atoms with Gasteiger partial charge in [-0.05, 0) is 38.3 Å². The summed E-state index contributed by atoms with van der Waals surface area (Å²) in [6.07, 6.45) is 1.95. The number of carbonyl (C=O) groups excluding carboxylic acids is 1. The highest BCUT2D eigenvalue weighted by Crippen LogP contribution is 2.17. The molecule has 0 saturated heterocycles. The predicted octanol–water partition coefficient (Wildman–Crippen LogP) is 2.44. The van der Waals surface area contributed by atoms with Gasteiger partial charge in [-0.1, -0.05) is 32.9 Å². The molecule has 0 aliphatic rings. The Morgan fingerprint density at radius 2 is 1.80 bits per heavy atom. The van der Waals surface area contributed by atoms with Crippen LogP contribution in [0.5, 0.6) is 0 Å². The van der Waals surface area contributed by atoms with E-state index in [-0.39, 0.29) is 17.5 Å². The van der Waals surface area contributed by atoms with Gasteiger partial charge in [0.1, 0.15) is 6.04 Å². The molecule has 0 aliphatic carbocycles. The van der Waals surface area contributed by atoms with Crippen LogP contribution in [0.3, 0.4) is 0 Å². The first kappa shape index (κ1) is 19.0. The van der Waals surface area contributed by atoms with Crippen LogP contribution in [0.2, 0.25) is 0 Å². The molecule has 1 aromatic heterocycles. The van der Waals surface area contributed by atoms with Crippen molar-refractivity contribution in [1.29, 1.82) is 0 Å². The third-order valence-electron chi connectivity index (χ3n) is 4.53. The largest absolute Gasteiger partial charge is 0.352 e. The van der Waals surface area contributed by atoms with Crippen LogP contribution in [0.15, 0.2) is 33.9 Å². The van der Waals surface area contributed by atoms with Crippen molar-refractivity contribution < 1.29 is 4.79 Å². The minimum Gasteiger partial charge on any atom is -0.352 e. The van der Waals surface area contributed by atoms with E-state index in [1.807, 2.05) is 27.7 Å². The van der Waals surface area contributed by atoms with Crippen molar-refractivity contribution in [3.8, 4) is 0 Å². The van der Waals surface area contributed by atoms with Crippen LogP contribution in [-0.4, -0.2) is 21.1 Å². The number of aromatic nitrogens is 2. The normalized spacial score (nSPS) is 13.6. The summed E-state index contributed by atoms with van der Waals surface area (Å²) in [6, 6.07) is 6.38. The fraction of sp³-hybridized carbons (Fsp3) is 0.526. The standard InChI is InChI=1S/C19H27N3O3/c1-5-12-21-18(24)14-10-8-9-11-16(14)22(19(21)25)15(7-3)17(23)20-13(4)6-2/h8-11,13,15H,5-7,12H2,1-4H3,(H,20,23)/t13-,15+/m1/s1. The Morgan fingerprint density at radius 1 is 1.12 bits per heavy atom. The van der Waals surface area contributed by atoms with Crippen molar-refractivity contribution in [1.82, 2.24) is 14.5 Å². The van der Waals surface area contributed by atoms with Crippen molar-refractivity contribution in [2.75, 3.05) is 0 Å². The van der Waals surface area contributed by atoms with Crippen LogP contribution < -0.4 is 16.6 Å². The molecular weight excluding hydrogens is 318 g/mol. The summed E-state index contributed by atoms with van der Waals surface area (Å²) >= 11 is 0. The van der Waals surface area contributed by atoms with Crippen molar-refractivity contribution in [3.63, 3.8) is 0 Å². The maximum absolute atomic E-state index is 13.0. The maximum atomic E-state index is 13.0. The zero-order chi connectivity index (χ0) is 18.6. The Morgan fingerprint density at radius 3 is 2.40 bits per heavy atom. The monoisotopic (exact) mass is 345 g/mol. The van der Waals surface area contributed by atoms with E-state index in [2.05, 4.69) is 5.32 Å². The Hall–Kier alpha value is -2.37. The van der Waals surface area contributed by atoms with Gasteiger partial charge < -0.3 is 5.32 Å². The predicted molar refractivity (Wildman–Crippen MR) is 100.0 cm³/mol. The van der Waals surface area contributed by atoms with Crippen LogP contribution in [0.1, 0.15) is 53.0 Å². The number of nitrogens with zero attached hydrogens (tertiary/aromatic N) is 2. The summed E-state index contributed by atoms with van der Waals surface area (Å²) in [5.74, 6) is -0.189. The van der Waals surface area contributed by atoms with E-state index in [0.29, 0.717) is 30.3 Å². The molecule has 1 N–H and O–H groups in total. The van der Waals surface area contributed by atoms with Gasteiger partial charge in [0, 0.05) is 12.6 Å². The van der Waals surface area contributed by atoms with Crippen molar-refractivity contribution in [2.45, 2.75) is 65.6 Å². The minimum absolute atomic E-state index is 0.0325. The number of fused-ring (bicyclic) bond motifs is 1. The zero-order valence-electron chi connectivity index (χ0n) is 15.4. The number of hydrogen-bond donors (Lipinski definition) is 1. The summed E-state index contributed by atoms with van der Waals surface area (Å²) < 4.78 is 2.71. The molecule has 0 aliphatic heterocycles. The van der Waals surface area contributed by atoms with Gasteiger partial charge in [0.15, 0.2) is 0 Å². The highest BCUT2D eigenvalue weighted by molar-refractivity contribution is 5.84. The molecule has 1 heterocycles. The maximum Gasteiger partial charge on any atom is 0.332 e. The molecule has 0 unspecified atom stereocenters. The number of para-hydroxylation sites is 1. The van der Waals surface area contributed by atoms with Crippen LogP contribution in [0.4, 0.5) is 0 Å². The highest BCUT2D eigenvalue weighted by Gasteiger charge is 2.24. The summed E-state index contributed by atoms with van der Waals surface area (Å²) in [4.78, 5) is 38.4. The molecule has 1 aromatic carbocycles. The van der Waals surface area contributed by atoms with E-state index in [1.54, 1.807) is 24.3 Å². The fourth-order valence-corrected chi connectivity index (χ4v) is 2.98. The molecule has 0 fully saturated rings. The Bertz CT molecular complexity index is 866. The lowest BCUT2D eigenvalue weighted by Gasteiger charge is -2.23. The third-order valence-corrected chi connectivity index (χ3v) is 4.53. The van der Waals surface area contributed by atoms with E-state index in [4.69, 9.17) is 0 Å². The quantitative estimate of drug-likeness (QED) is 0.838. The second-order valence-electron chi connectivity index (χ2n) is 6.37. The second kappa shape index (κ2) is 8.14. The number of benzene rings is 1. The molecule has 6 nitrogen and oxygen atoms in total. The molecular formula is C19H27N3O3. The van der Waals surface area contributed by atoms with Gasteiger partial charge in [-0.25, -0.2) is 4.79 Å². The molecule has 6 heteroatoms. The van der Waals surface area contributed by atoms with Crippen LogP contribution in [-0.2, 0) is 11.3 Å². The van der Waals surface area contributed by atoms with Gasteiger partial charge in [-0.3, -0.25) is 18.7 Å². The third kappa shape index (κ3) is 3.67. The molecule has 25 heavy (non-hydrogen) atoms. The lowest BCUT2D eigenvalue weighted by atomic mass is 10.1. The average molecular weight is 345 g/mol. The van der Waals surface area contributed by atoms with Gasteiger partial charge >= 0.3 is 5.69 Å². The molecule has 2 atom stereocenters. The molecule has 0 saturated carbocycles. The van der Waals surface area contributed by atoms with Gasteiger partial charge in [-0.2, -0.15) is 0 Å². The first-order valence-corrected chi connectivity index (χ1v) is 9.00. The van der Waals surface area contributed by atoms with Gasteiger partial charge in [0.2, 0.25) is 5.91 Å². The van der Waals surface area contributed by atoms with Gasteiger partial charge in [-0.15, -0.1) is 0 Å². The second-order valence-corrected chi connectivity index (χ2v) is 6.37. The van der Waals surface area contributed by atoms with Crippen molar-refractivity contribution in [3.05, 3.63) is 45.1 Å². The van der Waals surface area contributed by atoms with E-state index >= 15 is 0 Å². The Kier molecular flexibility index (Phi) is 6.17. The minimum atomic E-state index is -0.643. The molecule has 0 spiro atoms. The fourth-order valence-electron chi connectivity index (χ4n) is 2.98. The first-order valence-electron chi connectivity index (χ1n) is 9.00. The topological polar surface area (TPSA) is 73.1 Å². The smallest absolute Gasteiger partial charge is 0.332 e. The van der Waals surface area contributed by atoms with Crippen LogP contribution in [0.25, 0.3) is 10.9 Å². The summed E-state index contributed by atoms with van der Waals surface area (Å²) in [5, 5.41) is 3.41. The molecule has 0 radical (unpaired) electrons. The van der Waals surface area contributed by atoms with E-state index in [1.165, 1.54) is 9.13 Å². The number of carbonyl (C=O) groups is 1. The molecule has 0 bridgehead atoms. The number of hydrogen-bond acceptors (Lipinski definition) is 3. The summed E-state index contributed by atoms with van der Waals surface area (Å²) in [7, 11) is 0. The zero-order valence-corrected chi connectivity index (χ0v) is 15.4. The molecule has 136 valence electrons. The molecule has 2 aromatic rings. The van der Waals surface area contributed by atoms with E-state index < -0.39 is 11.7 Å². The Labute approximate surface area is 147 Å². The van der Waals surface area contributed by atoms with Crippen molar-refractivity contribution in [2.24, 2.45) is 0 Å². The van der Waals surface area contributed by atoms with Crippen LogP contribution in [0, 0.1) is 0 Å². The van der Waals surface area contributed by atoms with Gasteiger partial charge in [0.05, 0.1) is 10.9 Å². The lowest BCUT2D eigenvalue weighted by Crippen LogP contribution is -2.46. The number of nitrogens with one attached hydrogen (secondary N) is 1. The number of rotatable bonds is 7. The Balaban J connectivity index is 2.72. The van der Waals surface area contributed by atoms with Crippen LogP contribution >= 0.6 is 0 Å². The highest BCUT2D eigenvalue weighted by atomic mass is 16.2. The van der Waals surface area contributed by atoms with E-state index in [9.17, 15) is 14.4 Å². The number of amides is 1. The summed E-state index contributed by atoms with van der Waals surface area (Å²) in [6.45, 7) is 8.06. The lowest BCUT2D eigenvalue weighted by molar-refractivity contribution is -0.125. The SMILES string of the molecule is CCCn1c(=O)c2ccccc2n([C@@H](CC)C(=O)N[C@H](C)CC)c1=O.